The smallest absolute Gasteiger partial charge is 0.541 e. The first kappa shape index (κ1) is 44.5. The molecule has 0 bridgehead atoms. The molecule has 0 amide bonds. The van der Waals surface area contributed by atoms with Crippen LogP contribution in [0, 0.1) is 26.0 Å². The van der Waals surface area contributed by atoms with E-state index in [1.165, 1.54) is 27.8 Å². The maximum Gasteiger partial charge on any atom is 1.00 e. The standard InChI is InChI=1S/C9H9O.C7H6O2S.C7H7.C2H5F2P.C2H4O.2K/c1-8(7-10)9-5-3-2-4-6-9;1-6-4-2-3-5-7(6)10(8)9;1-7-5-3-2-4-6-7;1-2(3,4)5;1-2-3;;/h2-6,8H,1H3;3-5H,1H3;2-3,5-6H,1H3;5H2,1H3;2H,1H3;;/q-1;-2;-1;;;2*+1. The van der Waals surface area contributed by atoms with E-state index in [1.54, 1.807) is 19.1 Å². The summed E-state index contributed by atoms with van der Waals surface area (Å²) in [5.74, 6) is -0.0961. The Hall–Kier alpha value is 0.513. The van der Waals surface area contributed by atoms with Gasteiger partial charge in [-0.25, -0.2) is 8.78 Å². The van der Waals surface area contributed by atoms with Crippen LogP contribution in [0.25, 0.3) is 0 Å². The molecule has 0 aliphatic heterocycles. The molecule has 0 aliphatic carbocycles. The van der Waals surface area contributed by atoms with E-state index in [9.17, 15) is 22.0 Å². The van der Waals surface area contributed by atoms with Gasteiger partial charge in [0.05, 0.1) is 0 Å². The van der Waals surface area contributed by atoms with Crippen molar-refractivity contribution in [3.63, 3.8) is 0 Å². The quantitative estimate of drug-likeness (QED) is 0.148. The number of hydrogen-bond acceptors (Lipinski definition) is 5. The van der Waals surface area contributed by atoms with Gasteiger partial charge in [-0.15, -0.1) is 5.92 Å². The van der Waals surface area contributed by atoms with Crippen molar-refractivity contribution in [2.75, 3.05) is 0 Å². The Morgan fingerprint density at radius 1 is 0.973 bits per heavy atom. The number of carbonyl (C=O) groups excluding carboxylic acids is 2. The second-order valence-electron chi connectivity index (χ2n) is 6.95. The fourth-order valence-electron chi connectivity index (χ4n) is 1.98. The van der Waals surface area contributed by atoms with Crippen LogP contribution in [-0.4, -0.2) is 18.2 Å². The summed E-state index contributed by atoms with van der Waals surface area (Å²) >= 11 is 0. The Kier molecular flexibility index (Phi) is 33.8. The van der Waals surface area contributed by atoms with E-state index in [4.69, 9.17) is 4.79 Å². The molecule has 0 N–H and O–H groups in total. The molecule has 0 aromatic heterocycles. The summed E-state index contributed by atoms with van der Waals surface area (Å²) in [5.41, 5.74) is 0.441. The van der Waals surface area contributed by atoms with E-state index in [1.807, 2.05) is 61.7 Å². The predicted molar refractivity (Wildman–Crippen MR) is 140 cm³/mol. The summed E-state index contributed by atoms with van der Waals surface area (Å²) in [4.78, 5) is 19.3. The molecule has 3 aromatic rings. The zero-order chi connectivity index (χ0) is 27.3. The van der Waals surface area contributed by atoms with E-state index >= 15 is 0 Å². The van der Waals surface area contributed by atoms with Crippen LogP contribution in [0.2, 0.25) is 0 Å². The monoisotopic (exact) mass is 598 g/mol. The van der Waals surface area contributed by atoms with Gasteiger partial charge in [0, 0.05) is 6.92 Å². The summed E-state index contributed by atoms with van der Waals surface area (Å²) in [5, 5.41) is 0. The third kappa shape index (κ3) is 30.9. The Bertz CT molecular complexity index is 1020. The Morgan fingerprint density at radius 2 is 1.46 bits per heavy atom. The molecule has 0 fully saturated rings. The maximum atomic E-state index is 11.0. The molecule has 37 heavy (non-hydrogen) atoms. The van der Waals surface area contributed by atoms with Crippen LogP contribution >= 0.6 is 9.24 Å². The molecular weight excluding hydrogens is 568 g/mol. The van der Waals surface area contributed by atoms with Crippen molar-refractivity contribution >= 4 is 32.5 Å². The van der Waals surface area contributed by atoms with Crippen molar-refractivity contribution in [3.05, 3.63) is 102 Å². The van der Waals surface area contributed by atoms with Gasteiger partial charge in [0.25, 0.3) is 5.66 Å². The SMILES string of the molecule is CC(F)(F)P.CC([C-]=O)c1ccccc1.CC=O.Cc1c[c-]ccc1.Cc1c[c-]ccc1[S-](=O)=O.[K+].[K+]. The van der Waals surface area contributed by atoms with E-state index < -0.39 is 16.4 Å². The summed E-state index contributed by atoms with van der Waals surface area (Å²) in [6, 6.07) is 28.0. The van der Waals surface area contributed by atoms with Crippen LogP contribution < -0.4 is 103 Å². The molecule has 3 aromatic carbocycles. The van der Waals surface area contributed by atoms with Crippen LogP contribution in [-0.2, 0) is 28.7 Å². The molecule has 2 unspecified atom stereocenters. The number of rotatable bonds is 3. The number of benzene rings is 3. The van der Waals surface area contributed by atoms with Gasteiger partial charge >= 0.3 is 103 Å². The molecular formula is C27H31F2K2O4PS-2. The third-order valence-electron chi connectivity index (χ3n) is 3.54. The van der Waals surface area contributed by atoms with Gasteiger partial charge < -0.3 is 18.0 Å². The van der Waals surface area contributed by atoms with Crippen molar-refractivity contribution in [3.8, 4) is 0 Å². The number of halogens is 2. The first-order valence-corrected chi connectivity index (χ1v) is 12.0. The predicted octanol–water partition coefficient (Wildman–Crippen LogP) is 0.846. The van der Waals surface area contributed by atoms with E-state index in [2.05, 4.69) is 25.1 Å². The average Bonchev–Trinajstić information content (AvgIpc) is 2.80. The number of carbonyl (C=O) groups is 1. The summed E-state index contributed by atoms with van der Waals surface area (Å²) < 4.78 is 42.8. The Labute approximate surface area is 309 Å². The minimum atomic E-state index is -2.58. The van der Waals surface area contributed by atoms with Gasteiger partial charge in [0.15, 0.2) is 0 Å². The van der Waals surface area contributed by atoms with Crippen LogP contribution in [0.4, 0.5) is 8.78 Å². The van der Waals surface area contributed by atoms with Gasteiger partial charge in [0.1, 0.15) is 6.29 Å². The first-order chi connectivity index (χ1) is 16.4. The minimum Gasteiger partial charge on any atom is -0.541 e. The van der Waals surface area contributed by atoms with E-state index in [0.717, 1.165) is 24.3 Å². The summed E-state index contributed by atoms with van der Waals surface area (Å²) in [6.07, 6.45) is 2.68. The van der Waals surface area contributed by atoms with Crippen molar-refractivity contribution in [2.45, 2.75) is 51.1 Å². The topological polar surface area (TPSA) is 68.3 Å². The molecule has 0 aliphatic rings. The number of hydrogen-bond donors (Lipinski definition) is 0. The van der Waals surface area contributed by atoms with Crippen molar-refractivity contribution < 1.29 is 130 Å². The largest absolute Gasteiger partial charge is 1.00 e. The molecule has 10 heteroatoms. The summed E-state index contributed by atoms with van der Waals surface area (Å²) in [7, 11) is -0.729. The zero-order valence-electron chi connectivity index (χ0n) is 22.5. The number of aryl methyl sites for hydroxylation is 2. The normalized spacial score (nSPS) is 9.76. The van der Waals surface area contributed by atoms with Crippen LogP contribution in [0.5, 0.6) is 0 Å². The molecule has 0 heterocycles. The fraction of sp³-hybridized carbons (Fsp3) is 0.259. The molecule has 4 nitrogen and oxygen atoms in total. The van der Waals surface area contributed by atoms with E-state index in [-0.39, 0.29) is 109 Å². The van der Waals surface area contributed by atoms with Crippen molar-refractivity contribution in [2.24, 2.45) is 0 Å². The Morgan fingerprint density at radius 3 is 1.76 bits per heavy atom. The van der Waals surface area contributed by atoms with Crippen LogP contribution in [0.1, 0.15) is 43.4 Å². The van der Waals surface area contributed by atoms with E-state index in [0.29, 0.717) is 4.90 Å². The average molecular weight is 599 g/mol. The molecule has 3 rings (SSSR count). The van der Waals surface area contributed by atoms with Crippen LogP contribution in [0.15, 0.2) is 77.7 Å². The van der Waals surface area contributed by atoms with Gasteiger partial charge in [0.2, 0.25) is 0 Å². The third-order valence-corrected chi connectivity index (χ3v) is 4.36. The Balaban J connectivity index is -0.000000191. The zero-order valence-corrected chi connectivity index (χ0v) is 30.7. The number of aldehydes is 1. The molecule has 0 saturated heterocycles. The molecule has 192 valence electrons. The summed E-state index contributed by atoms with van der Waals surface area (Å²) in [6.45, 7) is 7.89. The van der Waals surface area contributed by atoms with Crippen LogP contribution in [0.3, 0.4) is 0 Å². The second-order valence-corrected chi connectivity index (χ2v) is 8.87. The first-order valence-electron chi connectivity index (χ1n) is 10.3. The van der Waals surface area contributed by atoms with Crippen molar-refractivity contribution in [1.82, 2.24) is 0 Å². The molecule has 0 spiro atoms. The van der Waals surface area contributed by atoms with Gasteiger partial charge in [-0.3, -0.25) is 6.29 Å². The molecule has 0 saturated carbocycles. The van der Waals surface area contributed by atoms with Gasteiger partial charge in [-0.2, -0.15) is 70.6 Å². The second kappa shape index (κ2) is 28.1. The maximum absolute atomic E-state index is 11.0. The fourth-order valence-corrected chi connectivity index (χ4v) is 2.48. The molecule has 2 atom stereocenters. The van der Waals surface area contributed by atoms with Gasteiger partial charge in [-0.05, 0) is 6.92 Å². The number of alkyl halides is 2. The molecule has 0 radical (unpaired) electrons. The minimum absolute atomic E-state index is 0. The van der Waals surface area contributed by atoms with Gasteiger partial charge in [-0.1, -0.05) is 76.6 Å². The van der Waals surface area contributed by atoms with Crippen molar-refractivity contribution in [1.29, 1.82) is 0 Å².